The van der Waals surface area contributed by atoms with Crippen LogP contribution in [0.15, 0.2) is 42.7 Å². The molecule has 4 heterocycles. The molecule has 2 unspecified atom stereocenters. The summed E-state index contributed by atoms with van der Waals surface area (Å²) in [6.07, 6.45) is 7.84. The molecule has 5 rings (SSSR count). The summed E-state index contributed by atoms with van der Waals surface area (Å²) in [7, 11) is 0. The van der Waals surface area contributed by atoms with Crippen LogP contribution in [0.25, 0.3) is 10.1 Å². The van der Waals surface area contributed by atoms with Gasteiger partial charge in [0.15, 0.2) is 0 Å². The van der Waals surface area contributed by atoms with Gasteiger partial charge in [0, 0.05) is 23.0 Å². The first kappa shape index (κ1) is 14.2. The molecule has 24 heavy (non-hydrogen) atoms. The summed E-state index contributed by atoms with van der Waals surface area (Å²) >= 11 is 1.61. The van der Waals surface area contributed by atoms with Gasteiger partial charge in [-0.2, -0.15) is 0 Å². The van der Waals surface area contributed by atoms with E-state index in [1.54, 1.807) is 17.5 Å². The minimum Gasteiger partial charge on any atom is -0.332 e. The Morgan fingerprint density at radius 1 is 1.12 bits per heavy atom. The number of fused-ring (bicyclic) bond motifs is 3. The van der Waals surface area contributed by atoms with E-state index in [1.165, 1.54) is 4.70 Å². The second kappa shape index (κ2) is 5.41. The number of piperidine rings is 1. The van der Waals surface area contributed by atoms with Crippen molar-refractivity contribution in [3.8, 4) is 0 Å². The Hall–Kier alpha value is -2.21. The number of hydrogen-bond donors (Lipinski definition) is 0. The van der Waals surface area contributed by atoms with Crippen molar-refractivity contribution in [2.24, 2.45) is 0 Å². The van der Waals surface area contributed by atoms with Crippen molar-refractivity contribution in [1.29, 1.82) is 0 Å². The molecule has 122 valence electrons. The number of carbonyl (C=O) groups excluding carboxylic acids is 1. The number of nitrogens with zero attached hydrogens (tertiary/aromatic N) is 4. The van der Waals surface area contributed by atoms with Gasteiger partial charge in [0.05, 0.1) is 17.1 Å². The fourth-order valence-electron chi connectivity index (χ4n) is 4.32. The standard InChI is InChI=1S/C18H18N4OS/c23-18(17-9-12-3-1-2-4-16(12)24-17)22-13-5-6-14(22)11-15(10-13)21-8-7-19-20-21/h1-4,7-9,13-15H,5-6,10-11H2. The fourth-order valence-corrected chi connectivity index (χ4v) is 5.33. The number of aromatic nitrogens is 3. The van der Waals surface area contributed by atoms with Crippen LogP contribution in [0.2, 0.25) is 0 Å². The quantitative estimate of drug-likeness (QED) is 0.718. The van der Waals surface area contributed by atoms with Gasteiger partial charge in [-0.3, -0.25) is 4.79 Å². The zero-order chi connectivity index (χ0) is 16.1. The van der Waals surface area contributed by atoms with Gasteiger partial charge in [-0.25, -0.2) is 4.68 Å². The predicted molar refractivity (Wildman–Crippen MR) is 93.1 cm³/mol. The van der Waals surface area contributed by atoms with E-state index in [9.17, 15) is 4.79 Å². The van der Waals surface area contributed by atoms with Crippen molar-refractivity contribution >= 4 is 27.3 Å². The molecule has 0 N–H and O–H groups in total. The maximum Gasteiger partial charge on any atom is 0.264 e. The molecule has 3 aromatic rings. The highest BCUT2D eigenvalue weighted by Crippen LogP contribution is 2.42. The molecule has 0 saturated carbocycles. The molecule has 2 saturated heterocycles. The van der Waals surface area contributed by atoms with Crippen LogP contribution in [-0.4, -0.2) is 37.9 Å². The van der Waals surface area contributed by atoms with Gasteiger partial charge < -0.3 is 4.90 Å². The van der Waals surface area contributed by atoms with Crippen LogP contribution in [0.3, 0.4) is 0 Å². The molecular formula is C18H18N4OS. The molecule has 2 aliphatic heterocycles. The van der Waals surface area contributed by atoms with E-state index in [0.29, 0.717) is 18.1 Å². The third kappa shape index (κ3) is 2.17. The van der Waals surface area contributed by atoms with E-state index in [4.69, 9.17) is 0 Å². The first-order valence-corrected chi connectivity index (χ1v) is 9.28. The van der Waals surface area contributed by atoms with Crippen molar-refractivity contribution < 1.29 is 4.79 Å². The normalized spacial score (nSPS) is 26.2. The number of rotatable bonds is 2. The van der Waals surface area contributed by atoms with Crippen LogP contribution in [0, 0.1) is 0 Å². The highest BCUT2D eigenvalue weighted by atomic mass is 32.1. The predicted octanol–water partition coefficient (Wildman–Crippen LogP) is 3.50. The minimum absolute atomic E-state index is 0.209. The molecule has 0 aliphatic carbocycles. The lowest BCUT2D eigenvalue weighted by Crippen LogP contribution is -2.46. The van der Waals surface area contributed by atoms with Crippen molar-refractivity contribution in [3.63, 3.8) is 0 Å². The third-order valence-corrected chi connectivity index (χ3v) is 6.50. The average Bonchev–Trinajstić information content (AvgIpc) is 3.32. The first-order valence-electron chi connectivity index (χ1n) is 8.46. The molecule has 2 bridgehead atoms. The van der Waals surface area contributed by atoms with Crippen LogP contribution in [-0.2, 0) is 0 Å². The molecule has 1 aromatic carbocycles. The summed E-state index contributed by atoms with van der Waals surface area (Å²) < 4.78 is 3.15. The Morgan fingerprint density at radius 3 is 2.62 bits per heavy atom. The summed E-state index contributed by atoms with van der Waals surface area (Å²) in [6, 6.07) is 11.3. The third-order valence-electron chi connectivity index (χ3n) is 5.39. The minimum atomic E-state index is 0.209. The molecule has 2 fully saturated rings. The fraction of sp³-hybridized carbons (Fsp3) is 0.389. The highest BCUT2D eigenvalue weighted by Gasteiger charge is 2.44. The molecule has 1 amide bonds. The monoisotopic (exact) mass is 338 g/mol. The second-order valence-electron chi connectivity index (χ2n) is 6.75. The van der Waals surface area contributed by atoms with Gasteiger partial charge in [-0.05, 0) is 43.2 Å². The molecule has 0 radical (unpaired) electrons. The van der Waals surface area contributed by atoms with Gasteiger partial charge in [0.1, 0.15) is 0 Å². The van der Waals surface area contributed by atoms with Crippen LogP contribution < -0.4 is 0 Å². The lowest BCUT2D eigenvalue weighted by molar-refractivity contribution is 0.0528. The zero-order valence-electron chi connectivity index (χ0n) is 13.2. The number of carbonyl (C=O) groups is 1. The lowest BCUT2D eigenvalue weighted by Gasteiger charge is -2.38. The van der Waals surface area contributed by atoms with E-state index < -0.39 is 0 Å². The van der Waals surface area contributed by atoms with E-state index in [2.05, 4.69) is 27.3 Å². The van der Waals surface area contributed by atoms with Crippen molar-refractivity contribution in [3.05, 3.63) is 47.6 Å². The van der Waals surface area contributed by atoms with Gasteiger partial charge in [0.25, 0.3) is 5.91 Å². The van der Waals surface area contributed by atoms with Gasteiger partial charge in [-0.1, -0.05) is 23.4 Å². The van der Waals surface area contributed by atoms with Gasteiger partial charge in [0.2, 0.25) is 0 Å². The first-order chi connectivity index (χ1) is 11.8. The molecule has 2 aliphatic rings. The number of benzene rings is 1. The maximum atomic E-state index is 13.1. The topological polar surface area (TPSA) is 51.0 Å². The molecule has 6 heteroatoms. The van der Waals surface area contributed by atoms with Crippen LogP contribution in [0.5, 0.6) is 0 Å². The highest BCUT2D eigenvalue weighted by molar-refractivity contribution is 7.20. The molecule has 2 aromatic heterocycles. The largest absolute Gasteiger partial charge is 0.332 e. The van der Waals surface area contributed by atoms with Crippen molar-refractivity contribution in [1.82, 2.24) is 19.9 Å². The van der Waals surface area contributed by atoms with Crippen LogP contribution in [0.4, 0.5) is 0 Å². The Labute approximate surface area is 143 Å². The molecular weight excluding hydrogens is 320 g/mol. The summed E-state index contributed by atoms with van der Waals surface area (Å²) in [6.45, 7) is 0. The number of thiophene rings is 1. The zero-order valence-corrected chi connectivity index (χ0v) is 14.0. The summed E-state index contributed by atoms with van der Waals surface area (Å²) in [4.78, 5) is 16.1. The Kier molecular flexibility index (Phi) is 3.19. The smallest absolute Gasteiger partial charge is 0.264 e. The number of amides is 1. The second-order valence-corrected chi connectivity index (χ2v) is 7.84. The maximum absolute atomic E-state index is 13.1. The van der Waals surface area contributed by atoms with Crippen molar-refractivity contribution in [2.45, 2.75) is 43.8 Å². The SMILES string of the molecule is O=C(c1cc2ccccc2s1)N1C2CCC1CC(n1ccnn1)C2. The summed E-state index contributed by atoms with van der Waals surface area (Å²) in [5.74, 6) is 0.209. The number of hydrogen-bond acceptors (Lipinski definition) is 4. The average molecular weight is 338 g/mol. The van der Waals surface area contributed by atoms with Gasteiger partial charge >= 0.3 is 0 Å². The van der Waals surface area contributed by atoms with E-state index in [1.807, 2.05) is 29.1 Å². The summed E-state index contributed by atoms with van der Waals surface area (Å²) in [5, 5.41) is 9.25. The molecule has 2 atom stereocenters. The Balaban J connectivity index is 1.42. The van der Waals surface area contributed by atoms with E-state index >= 15 is 0 Å². The van der Waals surface area contributed by atoms with Crippen molar-refractivity contribution in [2.75, 3.05) is 0 Å². The summed E-state index contributed by atoms with van der Waals surface area (Å²) in [5.41, 5.74) is 0. The van der Waals surface area contributed by atoms with E-state index in [0.717, 1.165) is 35.9 Å². The molecule has 5 nitrogen and oxygen atoms in total. The Morgan fingerprint density at radius 2 is 1.92 bits per heavy atom. The van der Waals surface area contributed by atoms with Gasteiger partial charge in [-0.15, -0.1) is 16.4 Å². The Bertz CT molecular complexity index is 840. The molecule has 0 spiro atoms. The van der Waals surface area contributed by atoms with E-state index in [-0.39, 0.29) is 5.91 Å². The lowest BCUT2D eigenvalue weighted by atomic mass is 9.97. The van der Waals surface area contributed by atoms with Crippen LogP contribution >= 0.6 is 11.3 Å². The van der Waals surface area contributed by atoms with Crippen LogP contribution in [0.1, 0.15) is 41.4 Å².